The standard InChI is InChI=1S/C14H12BrF6NO/c15-11-7-8(1-2-10(11)14(19,20)21)12(23)22-5-3-9(4-6-22)13(16,17)18/h1-2,7,9H,3-6H2. The maximum absolute atomic E-state index is 12.7. The van der Waals surface area contributed by atoms with Gasteiger partial charge in [-0.3, -0.25) is 4.79 Å². The molecule has 0 unspecified atom stereocenters. The van der Waals surface area contributed by atoms with Crippen molar-refractivity contribution < 1.29 is 31.1 Å². The smallest absolute Gasteiger partial charge is 0.339 e. The van der Waals surface area contributed by atoms with Gasteiger partial charge in [0.25, 0.3) is 5.91 Å². The van der Waals surface area contributed by atoms with E-state index in [2.05, 4.69) is 15.9 Å². The fraction of sp³-hybridized carbons (Fsp3) is 0.500. The van der Waals surface area contributed by atoms with Gasteiger partial charge in [-0.05, 0) is 31.0 Å². The number of alkyl halides is 6. The molecule has 1 amide bonds. The molecule has 128 valence electrons. The van der Waals surface area contributed by atoms with Crippen LogP contribution in [0.15, 0.2) is 22.7 Å². The molecular weight excluding hydrogens is 392 g/mol. The molecule has 9 heteroatoms. The van der Waals surface area contributed by atoms with Crippen molar-refractivity contribution in [3.63, 3.8) is 0 Å². The van der Waals surface area contributed by atoms with Gasteiger partial charge in [0.2, 0.25) is 0 Å². The molecule has 0 aliphatic carbocycles. The highest BCUT2D eigenvalue weighted by molar-refractivity contribution is 9.10. The quantitative estimate of drug-likeness (QED) is 0.611. The molecule has 1 aliphatic heterocycles. The molecule has 0 saturated carbocycles. The number of carbonyl (C=O) groups is 1. The van der Waals surface area contributed by atoms with E-state index in [1.54, 1.807) is 0 Å². The summed E-state index contributed by atoms with van der Waals surface area (Å²) >= 11 is 2.77. The van der Waals surface area contributed by atoms with E-state index in [0.29, 0.717) is 0 Å². The van der Waals surface area contributed by atoms with Crippen LogP contribution in [0.4, 0.5) is 26.3 Å². The van der Waals surface area contributed by atoms with Crippen LogP contribution in [0, 0.1) is 5.92 Å². The van der Waals surface area contributed by atoms with E-state index >= 15 is 0 Å². The molecule has 0 N–H and O–H groups in total. The molecule has 0 spiro atoms. The van der Waals surface area contributed by atoms with E-state index < -0.39 is 29.7 Å². The maximum atomic E-state index is 12.7. The Morgan fingerprint density at radius 1 is 1.09 bits per heavy atom. The zero-order valence-corrected chi connectivity index (χ0v) is 13.2. The van der Waals surface area contributed by atoms with E-state index in [0.717, 1.165) is 18.2 Å². The van der Waals surface area contributed by atoms with Crippen LogP contribution in [-0.4, -0.2) is 30.1 Å². The molecule has 1 aromatic rings. The zero-order chi connectivity index (χ0) is 17.4. The van der Waals surface area contributed by atoms with Gasteiger partial charge < -0.3 is 4.90 Å². The van der Waals surface area contributed by atoms with Crippen LogP contribution in [-0.2, 0) is 6.18 Å². The van der Waals surface area contributed by atoms with Crippen molar-refractivity contribution in [1.29, 1.82) is 0 Å². The minimum Gasteiger partial charge on any atom is -0.339 e. The average molecular weight is 404 g/mol. The highest BCUT2D eigenvalue weighted by Crippen LogP contribution is 2.36. The van der Waals surface area contributed by atoms with Crippen molar-refractivity contribution in [2.45, 2.75) is 25.2 Å². The molecule has 1 aromatic carbocycles. The zero-order valence-electron chi connectivity index (χ0n) is 11.6. The second-order valence-corrected chi connectivity index (χ2v) is 6.15. The summed E-state index contributed by atoms with van der Waals surface area (Å²) < 4.78 is 75.5. The molecule has 2 nitrogen and oxygen atoms in total. The molecule has 0 atom stereocenters. The van der Waals surface area contributed by atoms with E-state index in [9.17, 15) is 31.1 Å². The molecule has 1 fully saturated rings. The van der Waals surface area contributed by atoms with Crippen LogP contribution in [0.5, 0.6) is 0 Å². The van der Waals surface area contributed by atoms with Crippen LogP contribution < -0.4 is 0 Å². The lowest BCUT2D eigenvalue weighted by atomic mass is 9.96. The van der Waals surface area contributed by atoms with Crippen molar-refractivity contribution in [3.05, 3.63) is 33.8 Å². The summed E-state index contributed by atoms with van der Waals surface area (Å²) in [5.41, 5.74) is -0.903. The first kappa shape index (κ1) is 18.1. The summed E-state index contributed by atoms with van der Waals surface area (Å²) in [6.45, 7) is -0.136. The minimum absolute atomic E-state index is 0.00957. The molecule has 1 saturated heterocycles. The Kier molecular flexibility index (Phi) is 4.98. The number of hydrogen-bond donors (Lipinski definition) is 0. The van der Waals surface area contributed by atoms with Gasteiger partial charge in [0.1, 0.15) is 0 Å². The monoisotopic (exact) mass is 403 g/mol. The van der Waals surface area contributed by atoms with Gasteiger partial charge in [0.15, 0.2) is 0 Å². The van der Waals surface area contributed by atoms with E-state index in [-0.39, 0.29) is 36.0 Å². The Labute approximate surface area is 136 Å². The Balaban J connectivity index is 2.09. The van der Waals surface area contributed by atoms with Crippen LogP contribution in [0.25, 0.3) is 0 Å². The summed E-state index contributed by atoms with van der Waals surface area (Å²) in [6.07, 6.45) is -9.23. The maximum Gasteiger partial charge on any atom is 0.417 e. The predicted octanol–water partition coefficient (Wildman–Crippen LogP) is 4.88. The summed E-state index contributed by atoms with van der Waals surface area (Å²) in [6, 6.07) is 2.85. The topological polar surface area (TPSA) is 20.3 Å². The first-order valence-electron chi connectivity index (χ1n) is 6.73. The van der Waals surface area contributed by atoms with Gasteiger partial charge in [0.05, 0.1) is 11.5 Å². The highest BCUT2D eigenvalue weighted by atomic mass is 79.9. The first-order valence-corrected chi connectivity index (χ1v) is 7.52. The van der Waals surface area contributed by atoms with Crippen LogP contribution in [0.3, 0.4) is 0 Å². The van der Waals surface area contributed by atoms with Gasteiger partial charge in [-0.1, -0.05) is 15.9 Å². The number of nitrogens with zero attached hydrogens (tertiary/aromatic N) is 1. The second kappa shape index (κ2) is 6.33. The number of piperidine rings is 1. The molecule has 1 heterocycles. The minimum atomic E-state index is -4.55. The van der Waals surface area contributed by atoms with E-state index in [4.69, 9.17) is 0 Å². The van der Waals surface area contributed by atoms with Crippen LogP contribution >= 0.6 is 15.9 Å². The van der Waals surface area contributed by atoms with Gasteiger partial charge in [-0.25, -0.2) is 0 Å². The normalized spacial score (nSPS) is 17.4. The molecular formula is C14H12BrF6NO. The fourth-order valence-corrected chi connectivity index (χ4v) is 3.07. The second-order valence-electron chi connectivity index (χ2n) is 5.30. The molecule has 2 rings (SSSR count). The number of carbonyl (C=O) groups excluding carboxylic acids is 1. The van der Waals surface area contributed by atoms with Crippen LogP contribution in [0.2, 0.25) is 0 Å². The number of hydrogen-bond acceptors (Lipinski definition) is 1. The molecule has 0 radical (unpaired) electrons. The third-order valence-electron chi connectivity index (χ3n) is 3.77. The summed E-state index contributed by atoms with van der Waals surface area (Å²) in [5.74, 6) is -2.01. The third-order valence-corrected chi connectivity index (χ3v) is 4.42. The summed E-state index contributed by atoms with van der Waals surface area (Å²) in [5, 5.41) is 0. The lowest BCUT2D eigenvalue weighted by Crippen LogP contribution is -2.42. The van der Waals surface area contributed by atoms with Crippen LogP contribution in [0.1, 0.15) is 28.8 Å². The summed E-state index contributed by atoms with van der Waals surface area (Å²) in [7, 11) is 0. The Hall–Kier alpha value is -1.25. The van der Waals surface area contributed by atoms with Crippen molar-refractivity contribution in [2.75, 3.05) is 13.1 Å². The molecule has 23 heavy (non-hydrogen) atoms. The Morgan fingerprint density at radius 3 is 2.09 bits per heavy atom. The number of amides is 1. The average Bonchev–Trinajstić information content (AvgIpc) is 2.44. The van der Waals surface area contributed by atoms with Gasteiger partial charge >= 0.3 is 12.4 Å². The van der Waals surface area contributed by atoms with Crippen molar-refractivity contribution in [1.82, 2.24) is 4.90 Å². The highest BCUT2D eigenvalue weighted by Gasteiger charge is 2.42. The number of halogens is 7. The van der Waals surface area contributed by atoms with Gasteiger partial charge in [0, 0.05) is 23.1 Å². The van der Waals surface area contributed by atoms with Crippen molar-refractivity contribution in [3.8, 4) is 0 Å². The van der Waals surface area contributed by atoms with E-state index in [1.165, 1.54) is 4.90 Å². The molecule has 0 bridgehead atoms. The SMILES string of the molecule is O=C(c1ccc(C(F)(F)F)c(Br)c1)N1CCC(C(F)(F)F)CC1. The lowest BCUT2D eigenvalue weighted by Gasteiger charge is -2.33. The predicted molar refractivity (Wildman–Crippen MR) is 73.8 cm³/mol. The van der Waals surface area contributed by atoms with Crippen molar-refractivity contribution in [2.24, 2.45) is 5.92 Å². The summed E-state index contributed by atoms with van der Waals surface area (Å²) in [4.78, 5) is 13.4. The number of likely N-dealkylation sites (tertiary alicyclic amines) is 1. The fourth-order valence-electron chi connectivity index (χ4n) is 2.47. The number of rotatable bonds is 1. The lowest BCUT2D eigenvalue weighted by molar-refractivity contribution is -0.183. The first-order chi connectivity index (χ1) is 10.5. The van der Waals surface area contributed by atoms with Gasteiger partial charge in [-0.15, -0.1) is 0 Å². The molecule has 0 aromatic heterocycles. The molecule has 1 aliphatic rings. The number of benzene rings is 1. The van der Waals surface area contributed by atoms with Gasteiger partial charge in [-0.2, -0.15) is 26.3 Å². The Bertz CT molecular complexity index is 590. The van der Waals surface area contributed by atoms with Crippen molar-refractivity contribution >= 4 is 21.8 Å². The Morgan fingerprint density at radius 2 is 1.65 bits per heavy atom. The third kappa shape index (κ3) is 4.19. The van der Waals surface area contributed by atoms with E-state index in [1.807, 2.05) is 0 Å². The largest absolute Gasteiger partial charge is 0.417 e.